The van der Waals surface area contributed by atoms with Crippen molar-refractivity contribution in [1.82, 2.24) is 5.06 Å². The Morgan fingerprint density at radius 3 is 2.45 bits per heavy atom. The molecule has 5 heteroatoms. The lowest BCUT2D eigenvalue weighted by Crippen LogP contribution is -2.34. The number of hydrogen-bond acceptors (Lipinski definition) is 3. The zero-order chi connectivity index (χ0) is 14.2. The van der Waals surface area contributed by atoms with Crippen LogP contribution in [0, 0.1) is 5.41 Å². The topological polar surface area (TPSA) is 46.6 Å². The van der Waals surface area contributed by atoms with E-state index >= 15 is 0 Å². The van der Waals surface area contributed by atoms with E-state index in [0.29, 0.717) is 6.42 Å². The summed E-state index contributed by atoms with van der Waals surface area (Å²) in [5, 5.41) is 0.993. The van der Waals surface area contributed by atoms with Crippen molar-refractivity contribution >= 4 is 27.7 Å². The second-order valence-corrected chi connectivity index (χ2v) is 6.47. The van der Waals surface area contributed by atoms with Gasteiger partial charge in [-0.05, 0) is 30.5 Å². The van der Waals surface area contributed by atoms with Crippen molar-refractivity contribution in [3.63, 3.8) is 0 Å². The molecule has 0 bridgehead atoms. The Labute approximate surface area is 126 Å². The Kier molecular flexibility index (Phi) is 3.65. The summed E-state index contributed by atoms with van der Waals surface area (Å²) in [7, 11) is 0. The molecular formula is C15H16BrNO3. The summed E-state index contributed by atoms with van der Waals surface area (Å²) < 4.78 is 0.986. The number of nitrogens with zero attached hydrogens (tertiary/aromatic N) is 1. The number of halogens is 1. The molecule has 4 nitrogen and oxygen atoms in total. The van der Waals surface area contributed by atoms with Gasteiger partial charge in [0.2, 0.25) is 0 Å². The van der Waals surface area contributed by atoms with Gasteiger partial charge in [-0.15, -0.1) is 0 Å². The molecule has 1 aliphatic carbocycles. The molecule has 2 amide bonds. The first kappa shape index (κ1) is 13.8. The molecule has 2 fully saturated rings. The Bertz CT molecular complexity index is 535. The van der Waals surface area contributed by atoms with Crippen LogP contribution in [0.2, 0.25) is 0 Å². The van der Waals surface area contributed by atoms with E-state index < -0.39 is 5.41 Å². The molecule has 1 aromatic carbocycles. The van der Waals surface area contributed by atoms with E-state index in [2.05, 4.69) is 15.9 Å². The quantitative estimate of drug-likeness (QED) is 0.795. The summed E-state index contributed by atoms with van der Waals surface area (Å²) in [4.78, 5) is 29.8. The van der Waals surface area contributed by atoms with E-state index in [1.165, 1.54) is 0 Å². The van der Waals surface area contributed by atoms with Crippen LogP contribution in [0.5, 0.6) is 0 Å². The van der Waals surface area contributed by atoms with E-state index in [9.17, 15) is 9.59 Å². The molecule has 0 radical (unpaired) electrons. The van der Waals surface area contributed by atoms with Gasteiger partial charge in [-0.25, -0.2) is 0 Å². The minimum atomic E-state index is -0.462. The molecule has 1 aliphatic heterocycles. The van der Waals surface area contributed by atoms with E-state index in [1.54, 1.807) is 0 Å². The number of hydroxylamine groups is 2. The molecule has 20 heavy (non-hydrogen) atoms. The molecule has 1 saturated heterocycles. The average Bonchev–Trinajstić information content (AvgIpc) is 2.98. The lowest BCUT2D eigenvalue weighted by atomic mass is 9.85. The van der Waals surface area contributed by atoms with Crippen LogP contribution in [-0.4, -0.2) is 16.9 Å². The second kappa shape index (κ2) is 5.30. The average molecular weight is 338 g/mol. The van der Waals surface area contributed by atoms with Crippen molar-refractivity contribution in [2.24, 2.45) is 5.41 Å². The van der Waals surface area contributed by atoms with Gasteiger partial charge in [0.05, 0.1) is 5.41 Å². The fourth-order valence-electron chi connectivity index (χ4n) is 3.06. The highest BCUT2D eigenvalue weighted by atomic mass is 79.9. The number of benzene rings is 1. The van der Waals surface area contributed by atoms with Crippen molar-refractivity contribution in [1.29, 1.82) is 0 Å². The van der Waals surface area contributed by atoms with E-state index in [4.69, 9.17) is 4.84 Å². The predicted molar refractivity (Wildman–Crippen MR) is 76.3 cm³/mol. The zero-order valence-corrected chi connectivity index (χ0v) is 12.7. The first-order valence-electron chi connectivity index (χ1n) is 6.85. The summed E-state index contributed by atoms with van der Waals surface area (Å²) in [6.07, 6.45) is 4.00. The standard InChI is InChI=1S/C15H16BrNO3/c16-12-5-3-11(4-6-12)10-20-17-13(18)9-15(14(17)19)7-1-2-8-15/h3-6H,1-2,7-10H2. The highest BCUT2D eigenvalue weighted by molar-refractivity contribution is 9.10. The third-order valence-corrected chi connectivity index (χ3v) is 4.72. The molecule has 2 aliphatic rings. The van der Waals surface area contributed by atoms with Gasteiger partial charge in [0.25, 0.3) is 11.8 Å². The van der Waals surface area contributed by atoms with E-state index in [-0.39, 0.29) is 18.4 Å². The molecule has 0 aromatic heterocycles. The largest absolute Gasteiger partial charge is 0.272 e. The second-order valence-electron chi connectivity index (χ2n) is 5.56. The fourth-order valence-corrected chi connectivity index (χ4v) is 3.32. The summed E-state index contributed by atoms with van der Waals surface area (Å²) >= 11 is 3.36. The Balaban J connectivity index is 1.67. The van der Waals surface area contributed by atoms with Crippen LogP contribution >= 0.6 is 15.9 Å². The molecule has 0 unspecified atom stereocenters. The lowest BCUT2D eigenvalue weighted by Gasteiger charge is -2.20. The van der Waals surface area contributed by atoms with E-state index in [0.717, 1.165) is 40.8 Å². The van der Waals surface area contributed by atoms with Gasteiger partial charge in [0.1, 0.15) is 6.61 Å². The summed E-state index contributed by atoms with van der Waals surface area (Å²) in [6.45, 7) is 0.237. The first-order chi connectivity index (χ1) is 9.61. The number of rotatable bonds is 3. The van der Waals surface area contributed by atoms with Crippen LogP contribution in [0.4, 0.5) is 0 Å². The highest BCUT2D eigenvalue weighted by Gasteiger charge is 2.53. The van der Waals surface area contributed by atoms with Gasteiger partial charge in [-0.2, -0.15) is 5.06 Å². The fraction of sp³-hybridized carbons (Fsp3) is 0.467. The smallest absolute Gasteiger partial charge is 0.260 e. The minimum Gasteiger partial charge on any atom is -0.272 e. The van der Waals surface area contributed by atoms with Gasteiger partial charge >= 0.3 is 0 Å². The maximum atomic E-state index is 12.4. The molecule has 3 rings (SSSR count). The van der Waals surface area contributed by atoms with Crippen LogP contribution in [0.25, 0.3) is 0 Å². The zero-order valence-electron chi connectivity index (χ0n) is 11.1. The van der Waals surface area contributed by atoms with Gasteiger partial charge < -0.3 is 0 Å². The monoisotopic (exact) mass is 337 g/mol. The molecule has 1 saturated carbocycles. The highest BCUT2D eigenvalue weighted by Crippen LogP contribution is 2.46. The first-order valence-corrected chi connectivity index (χ1v) is 7.65. The third-order valence-electron chi connectivity index (χ3n) is 4.19. The SMILES string of the molecule is O=C1CC2(CCCC2)C(=O)N1OCc1ccc(Br)cc1. The van der Waals surface area contributed by atoms with Gasteiger partial charge in [0.15, 0.2) is 0 Å². The van der Waals surface area contributed by atoms with Crippen molar-refractivity contribution in [3.05, 3.63) is 34.3 Å². The van der Waals surface area contributed by atoms with Crippen molar-refractivity contribution in [2.75, 3.05) is 0 Å². The maximum Gasteiger partial charge on any atom is 0.260 e. The van der Waals surface area contributed by atoms with Crippen molar-refractivity contribution in [2.45, 2.75) is 38.7 Å². The normalized spacial score (nSPS) is 21.1. The third kappa shape index (κ3) is 2.40. The summed E-state index contributed by atoms with van der Waals surface area (Å²) in [5.74, 6) is -0.342. The van der Waals surface area contributed by atoms with Crippen molar-refractivity contribution < 1.29 is 14.4 Å². The maximum absolute atomic E-state index is 12.4. The predicted octanol–water partition coefficient (Wildman–Crippen LogP) is 3.20. The number of hydrogen-bond donors (Lipinski definition) is 0. The molecule has 1 spiro atoms. The Morgan fingerprint density at radius 1 is 1.15 bits per heavy atom. The van der Waals surface area contributed by atoms with Crippen molar-refractivity contribution in [3.8, 4) is 0 Å². The molecule has 0 N–H and O–H groups in total. The molecular weight excluding hydrogens is 322 g/mol. The number of carbonyl (C=O) groups excluding carboxylic acids is 2. The molecule has 106 valence electrons. The Hall–Kier alpha value is -1.20. The van der Waals surface area contributed by atoms with Gasteiger partial charge in [-0.1, -0.05) is 40.9 Å². The summed E-state index contributed by atoms with van der Waals surface area (Å²) in [6, 6.07) is 7.62. The molecule has 1 heterocycles. The number of carbonyl (C=O) groups is 2. The van der Waals surface area contributed by atoms with E-state index in [1.807, 2.05) is 24.3 Å². The summed E-state index contributed by atoms with van der Waals surface area (Å²) in [5.41, 5.74) is 0.470. The molecule has 0 atom stereocenters. The minimum absolute atomic E-state index is 0.142. The Morgan fingerprint density at radius 2 is 1.80 bits per heavy atom. The van der Waals surface area contributed by atoms with Crippen LogP contribution in [-0.2, 0) is 21.0 Å². The number of amides is 2. The van der Waals surface area contributed by atoms with Gasteiger partial charge in [0, 0.05) is 10.9 Å². The molecule has 1 aromatic rings. The lowest BCUT2D eigenvalue weighted by molar-refractivity contribution is -0.194. The van der Waals surface area contributed by atoms with Crippen LogP contribution < -0.4 is 0 Å². The van der Waals surface area contributed by atoms with Crippen LogP contribution in [0.3, 0.4) is 0 Å². The van der Waals surface area contributed by atoms with Crippen LogP contribution in [0.15, 0.2) is 28.7 Å². The number of imide groups is 1. The van der Waals surface area contributed by atoms with Gasteiger partial charge in [-0.3, -0.25) is 14.4 Å². The van der Waals surface area contributed by atoms with Crippen LogP contribution in [0.1, 0.15) is 37.7 Å².